The van der Waals surface area contributed by atoms with Crippen LogP contribution in [0.2, 0.25) is 0 Å². The van der Waals surface area contributed by atoms with Gasteiger partial charge in [-0.1, -0.05) is 58.0 Å². The van der Waals surface area contributed by atoms with Gasteiger partial charge in [0, 0.05) is 17.4 Å². The van der Waals surface area contributed by atoms with Crippen molar-refractivity contribution in [3.8, 4) is 5.69 Å². The zero-order chi connectivity index (χ0) is 24.5. The highest BCUT2D eigenvalue weighted by Crippen LogP contribution is 2.34. The van der Waals surface area contributed by atoms with Gasteiger partial charge >= 0.3 is 6.18 Å². The molecule has 0 bridgehead atoms. The number of hydrogen-bond acceptors (Lipinski definition) is 3. The lowest BCUT2D eigenvalue weighted by Crippen LogP contribution is -2.28. The lowest BCUT2D eigenvalue weighted by molar-refractivity contribution is -0.137. The lowest BCUT2D eigenvalue weighted by Gasteiger charge is -2.20. The van der Waals surface area contributed by atoms with Gasteiger partial charge in [-0.2, -0.15) is 18.3 Å². The van der Waals surface area contributed by atoms with Gasteiger partial charge in [0.15, 0.2) is 5.69 Å². The topological polar surface area (TPSA) is 64.0 Å². The zero-order valence-electron chi connectivity index (χ0n) is 19.1. The minimum Gasteiger partial charge on any atom is -0.320 e. The smallest absolute Gasteiger partial charge is 0.320 e. The molecule has 0 radical (unpaired) electrons. The molecular weight excluding hydrogens is 431 g/mol. The first-order valence-corrected chi connectivity index (χ1v) is 10.6. The molecule has 0 aliphatic rings. The van der Waals surface area contributed by atoms with E-state index in [1.165, 1.54) is 25.1 Å². The minimum absolute atomic E-state index is 0.0975. The van der Waals surface area contributed by atoms with Gasteiger partial charge in [0.2, 0.25) is 5.43 Å². The van der Waals surface area contributed by atoms with E-state index in [2.05, 4.69) is 10.4 Å². The Bertz CT molecular complexity index is 1220. The quantitative estimate of drug-likeness (QED) is 0.507. The molecule has 2 aromatic carbocycles. The molecule has 174 valence electrons. The highest BCUT2D eigenvalue weighted by Gasteiger charge is 2.34. The Morgan fingerprint density at radius 3 is 2.09 bits per heavy atom. The van der Waals surface area contributed by atoms with Crippen LogP contribution >= 0.6 is 0 Å². The number of benzene rings is 2. The third-order valence-electron chi connectivity index (χ3n) is 5.37. The van der Waals surface area contributed by atoms with E-state index in [1.807, 2.05) is 45.9 Å². The van der Waals surface area contributed by atoms with Crippen molar-refractivity contribution in [3.05, 3.63) is 86.8 Å². The van der Waals surface area contributed by atoms with E-state index in [1.54, 1.807) is 0 Å². The zero-order valence-corrected chi connectivity index (χ0v) is 19.1. The summed E-state index contributed by atoms with van der Waals surface area (Å²) in [6.07, 6.45) is -4.63. The van der Waals surface area contributed by atoms with Crippen molar-refractivity contribution in [1.82, 2.24) is 9.78 Å². The molecule has 3 rings (SSSR count). The van der Waals surface area contributed by atoms with Gasteiger partial charge < -0.3 is 5.32 Å². The molecular formula is C25H26F3N3O2. The Labute approximate surface area is 190 Å². The number of aromatic nitrogens is 2. The maximum absolute atomic E-state index is 13.5. The number of amides is 1. The Hall–Kier alpha value is -3.42. The number of anilines is 1. The average molecular weight is 457 g/mol. The number of rotatable bonds is 5. The number of para-hydroxylation sites is 2. The molecule has 0 aliphatic carbocycles. The second-order valence-corrected chi connectivity index (χ2v) is 8.50. The molecule has 8 heteroatoms. The number of carbonyl (C=O) groups is 1. The fourth-order valence-corrected chi connectivity index (χ4v) is 3.71. The summed E-state index contributed by atoms with van der Waals surface area (Å²) >= 11 is 0. The summed E-state index contributed by atoms with van der Waals surface area (Å²) in [5.41, 5.74) is 0.235. The molecule has 0 fully saturated rings. The lowest BCUT2D eigenvalue weighted by atomic mass is 9.92. The van der Waals surface area contributed by atoms with Gasteiger partial charge in [0.1, 0.15) is 0 Å². The second kappa shape index (κ2) is 9.21. The van der Waals surface area contributed by atoms with E-state index in [0.29, 0.717) is 5.69 Å². The van der Waals surface area contributed by atoms with Gasteiger partial charge in [-0.15, -0.1) is 0 Å². The Morgan fingerprint density at radius 1 is 0.970 bits per heavy atom. The van der Waals surface area contributed by atoms with Gasteiger partial charge in [0.05, 0.1) is 11.3 Å². The number of nitrogens with zero attached hydrogens (tertiary/aromatic N) is 2. The minimum atomic E-state index is -4.63. The molecule has 0 saturated carbocycles. The number of nitrogens with one attached hydrogen (secondary N) is 1. The molecule has 5 nitrogen and oxygen atoms in total. The van der Waals surface area contributed by atoms with Crippen LogP contribution in [-0.2, 0) is 6.18 Å². The SMILES string of the molecule is Cc1cc(=O)c(C(=O)Nc2c(C(C)C)cccc2C(C)C)nn1-c1ccccc1C(F)(F)F. The molecule has 0 unspecified atom stereocenters. The summed E-state index contributed by atoms with van der Waals surface area (Å²) < 4.78 is 41.6. The number of aryl methyl sites for hydroxylation is 1. The van der Waals surface area contributed by atoms with E-state index >= 15 is 0 Å². The number of alkyl halides is 3. The molecule has 1 heterocycles. The molecule has 0 spiro atoms. The number of hydrogen-bond donors (Lipinski definition) is 1. The van der Waals surface area contributed by atoms with Crippen LogP contribution in [0.4, 0.5) is 18.9 Å². The Morgan fingerprint density at radius 2 is 1.55 bits per heavy atom. The van der Waals surface area contributed by atoms with Crippen molar-refractivity contribution in [2.45, 2.75) is 52.6 Å². The van der Waals surface area contributed by atoms with Crippen LogP contribution < -0.4 is 10.7 Å². The third-order valence-corrected chi connectivity index (χ3v) is 5.37. The molecule has 0 atom stereocenters. The fourth-order valence-electron chi connectivity index (χ4n) is 3.71. The van der Waals surface area contributed by atoms with E-state index in [4.69, 9.17) is 0 Å². The maximum Gasteiger partial charge on any atom is 0.418 e. The van der Waals surface area contributed by atoms with E-state index in [-0.39, 0.29) is 23.2 Å². The maximum atomic E-state index is 13.5. The van der Waals surface area contributed by atoms with Gasteiger partial charge in [-0.05, 0) is 42.0 Å². The van der Waals surface area contributed by atoms with E-state index in [9.17, 15) is 22.8 Å². The first kappa shape index (κ1) is 24.2. The largest absolute Gasteiger partial charge is 0.418 e. The van der Waals surface area contributed by atoms with Gasteiger partial charge in [0.25, 0.3) is 5.91 Å². The first-order valence-electron chi connectivity index (χ1n) is 10.6. The molecule has 0 aliphatic heterocycles. The van der Waals surface area contributed by atoms with Crippen LogP contribution in [0.5, 0.6) is 0 Å². The standard InChI is InChI=1S/C25H26F3N3O2/c1-14(2)17-9-8-10-18(15(3)4)22(17)29-24(33)23-21(32)13-16(5)31(30-23)20-12-7-6-11-19(20)25(26,27)28/h6-15H,1-5H3,(H,29,33). The highest BCUT2D eigenvalue weighted by atomic mass is 19.4. The van der Waals surface area contributed by atoms with Crippen molar-refractivity contribution >= 4 is 11.6 Å². The second-order valence-electron chi connectivity index (χ2n) is 8.50. The summed E-state index contributed by atoms with van der Waals surface area (Å²) in [5, 5.41) is 6.86. The summed E-state index contributed by atoms with van der Waals surface area (Å²) in [6.45, 7) is 9.41. The van der Waals surface area contributed by atoms with E-state index < -0.39 is 28.8 Å². The van der Waals surface area contributed by atoms with Crippen LogP contribution in [0.25, 0.3) is 5.69 Å². The van der Waals surface area contributed by atoms with Crippen molar-refractivity contribution < 1.29 is 18.0 Å². The normalized spacial score (nSPS) is 11.8. The van der Waals surface area contributed by atoms with Crippen molar-refractivity contribution in [2.24, 2.45) is 0 Å². The van der Waals surface area contributed by atoms with Gasteiger partial charge in [-0.3, -0.25) is 9.59 Å². The predicted molar refractivity (Wildman–Crippen MR) is 122 cm³/mol. The average Bonchev–Trinajstić information content (AvgIpc) is 2.73. The van der Waals surface area contributed by atoms with Crippen LogP contribution in [0, 0.1) is 6.92 Å². The first-order chi connectivity index (χ1) is 15.4. The van der Waals surface area contributed by atoms with Crippen LogP contribution in [0.3, 0.4) is 0 Å². The van der Waals surface area contributed by atoms with Crippen LogP contribution in [-0.4, -0.2) is 15.7 Å². The summed E-state index contributed by atoms with van der Waals surface area (Å²) in [5.74, 6) is -0.575. The predicted octanol–water partition coefficient (Wildman–Crippen LogP) is 6.06. The third kappa shape index (κ3) is 4.99. The fraction of sp³-hybridized carbons (Fsp3) is 0.320. The molecule has 0 saturated heterocycles. The molecule has 33 heavy (non-hydrogen) atoms. The summed E-state index contributed by atoms with van der Waals surface area (Å²) in [4.78, 5) is 25.8. The number of carbonyl (C=O) groups excluding carboxylic acids is 1. The highest BCUT2D eigenvalue weighted by molar-refractivity contribution is 6.03. The summed E-state index contributed by atoms with van der Waals surface area (Å²) in [6, 6.07) is 11.7. The molecule has 1 aromatic heterocycles. The van der Waals surface area contributed by atoms with Crippen molar-refractivity contribution in [3.63, 3.8) is 0 Å². The van der Waals surface area contributed by atoms with Crippen molar-refractivity contribution in [1.29, 1.82) is 0 Å². The Balaban J connectivity index is 2.13. The van der Waals surface area contributed by atoms with Crippen molar-refractivity contribution in [2.75, 3.05) is 5.32 Å². The van der Waals surface area contributed by atoms with Crippen LogP contribution in [0.15, 0.2) is 53.3 Å². The Kier molecular flexibility index (Phi) is 6.76. The van der Waals surface area contributed by atoms with Crippen LogP contribution in [0.1, 0.15) is 72.4 Å². The van der Waals surface area contributed by atoms with E-state index in [0.717, 1.165) is 27.9 Å². The molecule has 1 amide bonds. The number of halogens is 3. The van der Waals surface area contributed by atoms with Gasteiger partial charge in [-0.25, -0.2) is 4.68 Å². The molecule has 1 N–H and O–H groups in total. The monoisotopic (exact) mass is 457 g/mol. The summed E-state index contributed by atoms with van der Waals surface area (Å²) in [7, 11) is 0. The molecule has 3 aromatic rings.